The quantitative estimate of drug-likeness (QED) is 0.840. The molecule has 2 aromatic rings. The molecule has 2 amide bonds. The molecule has 0 saturated carbocycles. The first-order chi connectivity index (χ1) is 11.6. The minimum absolute atomic E-state index is 0. The van der Waals surface area contributed by atoms with Crippen molar-refractivity contribution in [1.29, 1.82) is 0 Å². The summed E-state index contributed by atoms with van der Waals surface area (Å²) in [5.74, 6) is 0.642. The lowest BCUT2D eigenvalue weighted by molar-refractivity contribution is -0.118. The number of hydrogen-bond acceptors (Lipinski definition) is 5. The van der Waals surface area contributed by atoms with E-state index in [1.165, 1.54) is 6.26 Å². The zero-order valence-corrected chi connectivity index (χ0v) is 14.5. The molecule has 1 unspecified atom stereocenters. The van der Waals surface area contributed by atoms with Crippen LogP contribution in [0.1, 0.15) is 22.5 Å². The van der Waals surface area contributed by atoms with Crippen LogP contribution in [0.5, 0.6) is 5.75 Å². The van der Waals surface area contributed by atoms with Crippen LogP contribution in [-0.2, 0) is 11.3 Å². The van der Waals surface area contributed by atoms with Crippen molar-refractivity contribution in [3.05, 3.63) is 47.9 Å². The van der Waals surface area contributed by atoms with Crippen LogP contribution >= 0.6 is 12.4 Å². The molecule has 8 heteroatoms. The Morgan fingerprint density at radius 1 is 1.44 bits per heavy atom. The minimum atomic E-state index is -0.571. The molecule has 0 aliphatic carbocycles. The van der Waals surface area contributed by atoms with E-state index in [9.17, 15) is 9.59 Å². The molecule has 3 rings (SSSR count). The van der Waals surface area contributed by atoms with Gasteiger partial charge in [0.25, 0.3) is 5.91 Å². The van der Waals surface area contributed by atoms with Crippen molar-refractivity contribution in [1.82, 2.24) is 5.32 Å². The van der Waals surface area contributed by atoms with E-state index in [1.807, 2.05) is 18.2 Å². The molecule has 25 heavy (non-hydrogen) atoms. The maximum Gasteiger partial charge on any atom is 0.255 e. The molecule has 7 nitrogen and oxygen atoms in total. The lowest BCUT2D eigenvalue weighted by atomic mass is 10.2. The molecule has 1 aliphatic rings. The second-order valence-electron chi connectivity index (χ2n) is 5.48. The van der Waals surface area contributed by atoms with Gasteiger partial charge in [0, 0.05) is 6.54 Å². The summed E-state index contributed by atoms with van der Waals surface area (Å²) in [6.45, 7) is 0.737. The van der Waals surface area contributed by atoms with Crippen LogP contribution < -0.4 is 20.7 Å². The summed E-state index contributed by atoms with van der Waals surface area (Å²) in [4.78, 5) is 26.5. The molecule has 1 aliphatic heterocycles. The summed E-state index contributed by atoms with van der Waals surface area (Å²) < 4.78 is 10.5. The number of para-hydroxylation sites is 2. The Hall–Kier alpha value is -2.51. The molecule has 0 spiro atoms. The summed E-state index contributed by atoms with van der Waals surface area (Å²) >= 11 is 0. The van der Waals surface area contributed by atoms with E-state index in [4.69, 9.17) is 14.9 Å². The van der Waals surface area contributed by atoms with Gasteiger partial charge in [-0.05, 0) is 24.6 Å². The Labute approximate surface area is 151 Å². The van der Waals surface area contributed by atoms with Crippen molar-refractivity contribution >= 4 is 29.9 Å². The van der Waals surface area contributed by atoms with Gasteiger partial charge in [0.2, 0.25) is 5.91 Å². The standard InChI is InChI=1S/C17H19N3O4.ClH/c1-23-15-5-3-2-4-14(15)20-7-6-13(17(20)22)19-16(21)11-8-12(9-18)24-10-11;/h2-5,8,10,13H,6-7,9,18H2,1H3,(H,19,21);1H. The molecule has 134 valence electrons. The molecule has 0 bridgehead atoms. The Morgan fingerprint density at radius 2 is 2.20 bits per heavy atom. The number of anilines is 1. The Bertz CT molecular complexity index is 762. The highest BCUT2D eigenvalue weighted by Crippen LogP contribution is 2.31. The van der Waals surface area contributed by atoms with Crippen LogP contribution in [0, 0.1) is 0 Å². The summed E-state index contributed by atoms with van der Waals surface area (Å²) in [5, 5.41) is 2.75. The van der Waals surface area contributed by atoms with Gasteiger partial charge in [-0.2, -0.15) is 0 Å². The van der Waals surface area contributed by atoms with Gasteiger partial charge >= 0.3 is 0 Å². The molecule has 1 saturated heterocycles. The highest BCUT2D eigenvalue weighted by atomic mass is 35.5. The van der Waals surface area contributed by atoms with Crippen LogP contribution in [0.3, 0.4) is 0 Å². The number of halogens is 1. The maximum atomic E-state index is 12.6. The van der Waals surface area contributed by atoms with E-state index in [2.05, 4.69) is 5.32 Å². The van der Waals surface area contributed by atoms with Crippen molar-refractivity contribution < 1.29 is 18.7 Å². The first kappa shape index (κ1) is 18.8. The lowest BCUT2D eigenvalue weighted by Crippen LogP contribution is -2.41. The van der Waals surface area contributed by atoms with E-state index in [0.29, 0.717) is 35.7 Å². The predicted octanol–water partition coefficient (Wildman–Crippen LogP) is 1.70. The summed E-state index contributed by atoms with van der Waals surface area (Å²) in [6.07, 6.45) is 1.87. The second-order valence-corrected chi connectivity index (χ2v) is 5.48. The normalized spacial score (nSPS) is 16.5. The minimum Gasteiger partial charge on any atom is -0.495 e. The predicted molar refractivity (Wildman–Crippen MR) is 95.1 cm³/mol. The fourth-order valence-electron chi connectivity index (χ4n) is 2.75. The Morgan fingerprint density at radius 3 is 2.88 bits per heavy atom. The maximum absolute atomic E-state index is 12.6. The van der Waals surface area contributed by atoms with E-state index in [-0.39, 0.29) is 30.8 Å². The molecule has 2 heterocycles. The smallest absolute Gasteiger partial charge is 0.255 e. The topological polar surface area (TPSA) is 97.8 Å². The van der Waals surface area contributed by atoms with Crippen LogP contribution in [0.4, 0.5) is 5.69 Å². The molecule has 1 fully saturated rings. The molecular weight excluding hydrogens is 346 g/mol. The average Bonchev–Trinajstić information content (AvgIpc) is 3.22. The van der Waals surface area contributed by atoms with Gasteiger partial charge in [-0.1, -0.05) is 12.1 Å². The summed E-state index contributed by atoms with van der Waals surface area (Å²) in [6, 6.07) is 8.32. The van der Waals surface area contributed by atoms with Crippen molar-refractivity contribution in [3.8, 4) is 5.75 Å². The number of carbonyl (C=O) groups excluding carboxylic acids is 2. The number of nitrogens with one attached hydrogen (secondary N) is 1. The SMILES string of the molecule is COc1ccccc1N1CCC(NC(=O)c2coc(CN)c2)C1=O.Cl. The van der Waals surface area contributed by atoms with Crippen molar-refractivity contribution in [2.45, 2.75) is 19.0 Å². The van der Waals surface area contributed by atoms with E-state index in [1.54, 1.807) is 24.1 Å². The van der Waals surface area contributed by atoms with E-state index >= 15 is 0 Å². The zero-order chi connectivity index (χ0) is 17.1. The van der Waals surface area contributed by atoms with Crippen molar-refractivity contribution in [2.75, 3.05) is 18.6 Å². The third kappa shape index (κ3) is 3.78. The first-order valence-corrected chi connectivity index (χ1v) is 7.66. The van der Waals surface area contributed by atoms with Crippen LogP contribution in [0.25, 0.3) is 0 Å². The highest BCUT2D eigenvalue weighted by molar-refractivity contribution is 6.04. The van der Waals surface area contributed by atoms with Gasteiger partial charge in [-0.3, -0.25) is 9.59 Å². The van der Waals surface area contributed by atoms with E-state index < -0.39 is 6.04 Å². The molecule has 1 atom stereocenters. The van der Waals surface area contributed by atoms with Crippen LogP contribution in [-0.4, -0.2) is 31.5 Å². The van der Waals surface area contributed by atoms with Gasteiger partial charge in [-0.15, -0.1) is 12.4 Å². The number of nitrogens with two attached hydrogens (primary N) is 1. The molecule has 0 radical (unpaired) electrons. The highest BCUT2D eigenvalue weighted by Gasteiger charge is 2.35. The number of benzene rings is 1. The van der Waals surface area contributed by atoms with Gasteiger partial charge in [-0.25, -0.2) is 0 Å². The number of methoxy groups -OCH3 is 1. The molecular formula is C17H20ClN3O4. The van der Waals surface area contributed by atoms with E-state index in [0.717, 1.165) is 0 Å². The monoisotopic (exact) mass is 365 g/mol. The van der Waals surface area contributed by atoms with Gasteiger partial charge in [0.1, 0.15) is 23.8 Å². The van der Waals surface area contributed by atoms with Gasteiger partial charge < -0.3 is 25.1 Å². The number of furan rings is 1. The number of rotatable bonds is 5. The number of carbonyl (C=O) groups is 2. The van der Waals surface area contributed by atoms with Crippen LogP contribution in [0.15, 0.2) is 41.0 Å². The largest absolute Gasteiger partial charge is 0.495 e. The molecule has 1 aromatic heterocycles. The fourth-order valence-corrected chi connectivity index (χ4v) is 2.75. The number of ether oxygens (including phenoxy) is 1. The summed E-state index contributed by atoms with van der Waals surface area (Å²) in [5.41, 5.74) is 6.53. The Kier molecular flexibility index (Phi) is 6.06. The Balaban J connectivity index is 0.00000225. The fraction of sp³-hybridized carbons (Fsp3) is 0.294. The number of amides is 2. The number of hydrogen-bond donors (Lipinski definition) is 2. The second kappa shape index (κ2) is 8.04. The average molecular weight is 366 g/mol. The molecule has 3 N–H and O–H groups in total. The van der Waals surface area contributed by atoms with Gasteiger partial charge in [0.05, 0.1) is 24.9 Å². The van der Waals surface area contributed by atoms with Crippen molar-refractivity contribution in [2.24, 2.45) is 5.73 Å². The molecule has 1 aromatic carbocycles. The lowest BCUT2D eigenvalue weighted by Gasteiger charge is -2.19. The first-order valence-electron chi connectivity index (χ1n) is 7.66. The van der Waals surface area contributed by atoms with Gasteiger partial charge in [0.15, 0.2) is 0 Å². The summed E-state index contributed by atoms with van der Waals surface area (Å²) in [7, 11) is 1.56. The third-order valence-electron chi connectivity index (χ3n) is 4.00. The third-order valence-corrected chi connectivity index (χ3v) is 4.00. The van der Waals surface area contributed by atoms with Crippen LogP contribution in [0.2, 0.25) is 0 Å². The van der Waals surface area contributed by atoms with Crippen molar-refractivity contribution in [3.63, 3.8) is 0 Å². The zero-order valence-electron chi connectivity index (χ0n) is 13.7. The number of nitrogens with zero attached hydrogens (tertiary/aromatic N) is 1.